The van der Waals surface area contributed by atoms with Gasteiger partial charge in [0.25, 0.3) is 0 Å². The molecule has 2 heterocycles. The average molecular weight is 192 g/mol. The summed E-state index contributed by atoms with van der Waals surface area (Å²) in [4.78, 5) is 8.29. The third-order valence-electron chi connectivity index (χ3n) is 1.95. The number of nitrogen functional groups attached to an aromatic ring is 1. The summed E-state index contributed by atoms with van der Waals surface area (Å²) in [6.45, 7) is 5.83. The molecule has 0 radical (unpaired) electrons. The first-order chi connectivity index (χ1) is 6.59. The highest BCUT2D eigenvalue weighted by molar-refractivity contribution is 5.80. The molecule has 0 unspecified atom stereocenters. The van der Waals surface area contributed by atoms with Crippen LogP contribution in [0.4, 0.5) is 5.82 Å². The van der Waals surface area contributed by atoms with Crippen molar-refractivity contribution in [3.63, 3.8) is 0 Å². The molecule has 14 heavy (non-hydrogen) atoms. The standard InChI is InChI=1S/C8H12N6/c1-4(2)14-8-6(12-13-14)7(9)10-5(3)11-8/h4H,1-3H3,(H2,9,10,11). The lowest BCUT2D eigenvalue weighted by atomic mass is 10.4. The average Bonchev–Trinajstić information content (AvgIpc) is 2.47. The number of rotatable bonds is 1. The van der Waals surface area contributed by atoms with E-state index < -0.39 is 0 Å². The van der Waals surface area contributed by atoms with Crippen LogP contribution in [0.2, 0.25) is 0 Å². The minimum absolute atomic E-state index is 0.216. The Morgan fingerprint density at radius 3 is 2.64 bits per heavy atom. The smallest absolute Gasteiger partial charge is 0.184 e. The van der Waals surface area contributed by atoms with Gasteiger partial charge in [0.1, 0.15) is 5.82 Å². The van der Waals surface area contributed by atoms with E-state index in [9.17, 15) is 0 Å². The molecule has 0 aliphatic heterocycles. The van der Waals surface area contributed by atoms with E-state index in [0.29, 0.717) is 22.8 Å². The van der Waals surface area contributed by atoms with Gasteiger partial charge in [-0.15, -0.1) is 5.10 Å². The van der Waals surface area contributed by atoms with Gasteiger partial charge in [-0.25, -0.2) is 14.6 Å². The highest BCUT2D eigenvalue weighted by Crippen LogP contribution is 2.17. The van der Waals surface area contributed by atoms with Crippen molar-refractivity contribution in [3.05, 3.63) is 5.82 Å². The van der Waals surface area contributed by atoms with Crippen molar-refractivity contribution in [2.45, 2.75) is 26.8 Å². The summed E-state index contributed by atoms with van der Waals surface area (Å²) in [5, 5.41) is 7.92. The second kappa shape index (κ2) is 2.90. The molecule has 0 aliphatic carbocycles. The number of nitrogens with two attached hydrogens (primary N) is 1. The monoisotopic (exact) mass is 192 g/mol. The van der Waals surface area contributed by atoms with Gasteiger partial charge < -0.3 is 5.73 Å². The Morgan fingerprint density at radius 2 is 2.00 bits per heavy atom. The molecule has 0 aliphatic rings. The van der Waals surface area contributed by atoms with Gasteiger partial charge in [-0.05, 0) is 20.8 Å². The molecule has 2 aromatic heterocycles. The Labute approximate surface area is 81.1 Å². The van der Waals surface area contributed by atoms with Crippen molar-refractivity contribution < 1.29 is 0 Å². The fourth-order valence-corrected chi connectivity index (χ4v) is 1.31. The lowest BCUT2D eigenvalue weighted by Crippen LogP contribution is -2.05. The first-order valence-electron chi connectivity index (χ1n) is 4.44. The molecule has 0 saturated carbocycles. The summed E-state index contributed by atoms with van der Waals surface area (Å²) < 4.78 is 1.74. The van der Waals surface area contributed by atoms with Crippen LogP contribution in [0.1, 0.15) is 25.7 Å². The lowest BCUT2D eigenvalue weighted by Gasteiger charge is -2.04. The molecule has 0 bridgehead atoms. The summed E-state index contributed by atoms with van der Waals surface area (Å²) in [6.07, 6.45) is 0. The van der Waals surface area contributed by atoms with Crippen LogP contribution in [-0.2, 0) is 0 Å². The molecule has 0 amide bonds. The molecule has 6 nitrogen and oxygen atoms in total. The predicted octanol–water partition coefficient (Wildman–Crippen LogP) is 0.693. The van der Waals surface area contributed by atoms with Crippen LogP contribution in [-0.4, -0.2) is 25.0 Å². The Hall–Kier alpha value is -1.72. The van der Waals surface area contributed by atoms with Gasteiger partial charge in [0.15, 0.2) is 17.0 Å². The first-order valence-corrected chi connectivity index (χ1v) is 4.44. The molecule has 6 heteroatoms. The molecule has 2 aromatic rings. The maximum absolute atomic E-state index is 5.70. The molecule has 0 atom stereocenters. The van der Waals surface area contributed by atoms with E-state index in [1.807, 2.05) is 13.8 Å². The minimum Gasteiger partial charge on any atom is -0.382 e. The van der Waals surface area contributed by atoms with Crippen molar-refractivity contribution in [3.8, 4) is 0 Å². The lowest BCUT2D eigenvalue weighted by molar-refractivity contribution is 0.526. The fraction of sp³-hybridized carbons (Fsp3) is 0.500. The maximum atomic E-state index is 5.70. The topological polar surface area (TPSA) is 82.5 Å². The van der Waals surface area contributed by atoms with Crippen LogP contribution in [0.3, 0.4) is 0 Å². The zero-order valence-electron chi connectivity index (χ0n) is 8.39. The zero-order chi connectivity index (χ0) is 10.3. The number of nitrogens with zero attached hydrogens (tertiary/aromatic N) is 5. The maximum Gasteiger partial charge on any atom is 0.184 e. The summed E-state index contributed by atoms with van der Waals surface area (Å²) in [5.74, 6) is 1.03. The van der Waals surface area contributed by atoms with E-state index in [0.717, 1.165) is 0 Å². The van der Waals surface area contributed by atoms with Crippen molar-refractivity contribution in [2.75, 3.05) is 5.73 Å². The molecular formula is C8H12N6. The Bertz CT molecular complexity index is 472. The molecule has 0 fully saturated rings. The largest absolute Gasteiger partial charge is 0.382 e. The number of anilines is 1. The highest BCUT2D eigenvalue weighted by Gasteiger charge is 2.12. The van der Waals surface area contributed by atoms with Gasteiger partial charge in [-0.2, -0.15) is 0 Å². The Kier molecular flexibility index (Phi) is 1.83. The van der Waals surface area contributed by atoms with Gasteiger partial charge in [0.2, 0.25) is 0 Å². The van der Waals surface area contributed by atoms with E-state index in [4.69, 9.17) is 5.73 Å². The molecular weight excluding hydrogens is 180 g/mol. The molecule has 0 saturated heterocycles. The second-order valence-corrected chi connectivity index (χ2v) is 3.46. The predicted molar refractivity (Wildman–Crippen MR) is 52.7 cm³/mol. The van der Waals surface area contributed by atoms with Crippen LogP contribution >= 0.6 is 0 Å². The number of hydrogen-bond donors (Lipinski definition) is 1. The van der Waals surface area contributed by atoms with E-state index in [2.05, 4.69) is 20.3 Å². The molecule has 74 valence electrons. The molecule has 0 spiro atoms. The minimum atomic E-state index is 0.216. The summed E-state index contributed by atoms with van der Waals surface area (Å²) in [6, 6.07) is 0.216. The van der Waals surface area contributed by atoms with Crippen molar-refractivity contribution >= 4 is 17.0 Å². The van der Waals surface area contributed by atoms with Crippen LogP contribution in [0.5, 0.6) is 0 Å². The van der Waals surface area contributed by atoms with Gasteiger partial charge in [-0.3, -0.25) is 0 Å². The van der Waals surface area contributed by atoms with Gasteiger partial charge >= 0.3 is 0 Å². The van der Waals surface area contributed by atoms with E-state index in [-0.39, 0.29) is 6.04 Å². The number of fused-ring (bicyclic) bond motifs is 1. The van der Waals surface area contributed by atoms with E-state index in [1.54, 1.807) is 11.6 Å². The first kappa shape index (κ1) is 8.86. The summed E-state index contributed by atoms with van der Waals surface area (Å²) >= 11 is 0. The van der Waals surface area contributed by atoms with Crippen molar-refractivity contribution in [2.24, 2.45) is 0 Å². The van der Waals surface area contributed by atoms with E-state index >= 15 is 0 Å². The summed E-state index contributed by atoms with van der Waals surface area (Å²) in [7, 11) is 0. The zero-order valence-corrected chi connectivity index (χ0v) is 8.39. The molecule has 2 N–H and O–H groups in total. The second-order valence-electron chi connectivity index (χ2n) is 3.46. The molecule has 0 aromatic carbocycles. The van der Waals surface area contributed by atoms with Gasteiger partial charge in [0.05, 0.1) is 6.04 Å². The SMILES string of the molecule is Cc1nc(N)c2nnn(C(C)C)c2n1. The van der Waals surface area contributed by atoms with Crippen LogP contribution in [0.15, 0.2) is 0 Å². The Morgan fingerprint density at radius 1 is 1.29 bits per heavy atom. The van der Waals surface area contributed by atoms with Crippen LogP contribution < -0.4 is 5.73 Å². The third-order valence-corrected chi connectivity index (χ3v) is 1.95. The number of aromatic nitrogens is 5. The quantitative estimate of drug-likeness (QED) is 0.718. The normalized spacial score (nSPS) is 11.4. The molecule has 2 rings (SSSR count). The summed E-state index contributed by atoms with van der Waals surface area (Å²) in [5.41, 5.74) is 6.98. The van der Waals surface area contributed by atoms with E-state index in [1.165, 1.54) is 0 Å². The third kappa shape index (κ3) is 1.19. The van der Waals surface area contributed by atoms with Crippen molar-refractivity contribution in [1.82, 2.24) is 25.0 Å². The van der Waals surface area contributed by atoms with Gasteiger partial charge in [-0.1, -0.05) is 5.21 Å². The van der Waals surface area contributed by atoms with Crippen LogP contribution in [0.25, 0.3) is 11.2 Å². The Balaban J connectivity index is 2.78. The fourth-order valence-electron chi connectivity index (χ4n) is 1.31. The van der Waals surface area contributed by atoms with Crippen LogP contribution in [0, 0.1) is 6.92 Å². The van der Waals surface area contributed by atoms with Crippen molar-refractivity contribution in [1.29, 1.82) is 0 Å². The number of hydrogen-bond acceptors (Lipinski definition) is 5. The van der Waals surface area contributed by atoms with Gasteiger partial charge in [0, 0.05) is 0 Å². The highest BCUT2D eigenvalue weighted by atomic mass is 15.5. The number of aryl methyl sites for hydroxylation is 1.